The van der Waals surface area contributed by atoms with Crippen molar-refractivity contribution in [2.75, 3.05) is 0 Å². The molecule has 0 fully saturated rings. The number of hydrogen-bond donors (Lipinski definition) is 2. The molecule has 0 amide bonds. The summed E-state index contributed by atoms with van der Waals surface area (Å²) in [5, 5.41) is 19.6. The first-order chi connectivity index (χ1) is 11.0. The van der Waals surface area contributed by atoms with Crippen molar-refractivity contribution in [3.63, 3.8) is 0 Å². The minimum atomic E-state index is -5.51. The second-order valence-corrected chi connectivity index (χ2v) is 6.36. The van der Waals surface area contributed by atoms with Crippen LogP contribution in [0.1, 0.15) is 25.4 Å². The average molecular weight is 528 g/mol. The minimum Gasteiger partial charge on any atom is -0.393 e. The molecule has 2 N–H and O–H groups in total. The van der Waals surface area contributed by atoms with Crippen LogP contribution < -0.4 is 0 Å². The summed E-state index contributed by atoms with van der Waals surface area (Å²) in [5.74, 6) is -3.64. The van der Waals surface area contributed by atoms with Crippen molar-refractivity contribution in [1.82, 2.24) is 4.98 Å². The molecular formula is C14H15EuF6NO2S. The van der Waals surface area contributed by atoms with Gasteiger partial charge in [-0.05, 0) is 18.6 Å². The molecule has 3 nitrogen and oxygen atoms in total. The Kier molecular flexibility index (Phi) is 8.29. The van der Waals surface area contributed by atoms with E-state index in [2.05, 4.69) is 4.98 Å². The number of aromatic nitrogens is 1. The number of aliphatic hydroxyl groups excluding tert-OH is 2. The van der Waals surface area contributed by atoms with Gasteiger partial charge in [-0.3, -0.25) is 0 Å². The number of hydrogen-bond acceptors (Lipinski definition) is 4. The molecule has 0 aliphatic carbocycles. The molecule has 1 radical (unpaired) electrons. The first kappa shape index (κ1) is 23.2. The number of rotatable bonds is 5. The van der Waals surface area contributed by atoms with Crippen molar-refractivity contribution in [2.45, 2.75) is 37.4 Å². The number of benzene rings is 1. The van der Waals surface area contributed by atoms with Crippen LogP contribution in [-0.4, -0.2) is 33.7 Å². The van der Waals surface area contributed by atoms with Gasteiger partial charge in [0.05, 0.1) is 16.3 Å². The van der Waals surface area contributed by atoms with Crippen LogP contribution in [0.2, 0.25) is 0 Å². The van der Waals surface area contributed by atoms with Crippen LogP contribution in [0, 0.1) is 55.3 Å². The molecule has 0 aliphatic rings. The van der Waals surface area contributed by atoms with Crippen molar-refractivity contribution in [3.05, 3.63) is 29.3 Å². The van der Waals surface area contributed by atoms with Crippen molar-refractivity contribution in [2.24, 2.45) is 5.92 Å². The van der Waals surface area contributed by atoms with E-state index < -0.39 is 43.3 Å². The van der Waals surface area contributed by atoms with E-state index in [0.29, 0.717) is 10.2 Å². The van der Waals surface area contributed by atoms with E-state index in [1.807, 2.05) is 0 Å². The van der Waals surface area contributed by atoms with Gasteiger partial charge in [-0.2, -0.15) is 26.3 Å². The molecule has 11 heteroatoms. The molecule has 0 aliphatic heterocycles. The molecule has 2 rings (SSSR count). The molecule has 2 aromatic rings. The number of para-hydroxylation sites is 1. The maximum Gasteiger partial charge on any atom is 0.400 e. The first-order valence-electron chi connectivity index (χ1n) is 6.83. The normalized spacial score (nSPS) is 15.2. The molecule has 2 atom stereocenters. The third-order valence-electron chi connectivity index (χ3n) is 3.39. The van der Waals surface area contributed by atoms with E-state index in [-0.39, 0.29) is 55.8 Å². The fourth-order valence-electron chi connectivity index (χ4n) is 2.21. The van der Waals surface area contributed by atoms with Gasteiger partial charge in [-0.1, -0.05) is 12.1 Å². The Labute approximate surface area is 185 Å². The summed E-state index contributed by atoms with van der Waals surface area (Å²) in [5.41, 5.74) is 0.550. The summed E-state index contributed by atoms with van der Waals surface area (Å²) in [6.07, 6.45) is -16.7. The summed E-state index contributed by atoms with van der Waals surface area (Å²) in [4.78, 5) is 4.06. The predicted molar refractivity (Wildman–Crippen MR) is 77.5 cm³/mol. The van der Waals surface area contributed by atoms with Crippen LogP contribution in [0.25, 0.3) is 10.2 Å². The van der Waals surface area contributed by atoms with Crippen molar-refractivity contribution in [1.29, 1.82) is 0 Å². The van der Waals surface area contributed by atoms with E-state index in [9.17, 15) is 36.6 Å². The quantitative estimate of drug-likeness (QED) is 0.564. The third-order valence-corrected chi connectivity index (χ3v) is 4.53. The molecule has 0 saturated heterocycles. The van der Waals surface area contributed by atoms with Gasteiger partial charge in [0.25, 0.3) is 0 Å². The van der Waals surface area contributed by atoms with Gasteiger partial charge in [-0.25, -0.2) is 4.98 Å². The number of aliphatic hydroxyl groups is 2. The van der Waals surface area contributed by atoms with Crippen LogP contribution in [0.5, 0.6) is 0 Å². The third kappa shape index (κ3) is 6.39. The van der Waals surface area contributed by atoms with Crippen LogP contribution >= 0.6 is 11.3 Å². The largest absolute Gasteiger partial charge is 0.400 e. The zero-order valence-electron chi connectivity index (χ0n) is 12.4. The Morgan fingerprint density at radius 2 is 1.56 bits per heavy atom. The Morgan fingerprint density at radius 3 is 2.08 bits per heavy atom. The van der Waals surface area contributed by atoms with E-state index in [4.69, 9.17) is 0 Å². The van der Waals surface area contributed by atoms with Crippen molar-refractivity contribution in [3.8, 4) is 0 Å². The fourth-order valence-corrected chi connectivity index (χ4v) is 3.18. The van der Waals surface area contributed by atoms with Crippen LogP contribution in [0.15, 0.2) is 24.3 Å². The van der Waals surface area contributed by atoms with E-state index in [1.165, 1.54) is 0 Å². The molecule has 0 spiro atoms. The second-order valence-electron chi connectivity index (χ2n) is 5.30. The maximum absolute atomic E-state index is 12.5. The van der Waals surface area contributed by atoms with Gasteiger partial charge >= 0.3 is 12.4 Å². The second kappa shape index (κ2) is 8.92. The van der Waals surface area contributed by atoms with E-state index in [0.717, 1.165) is 11.3 Å². The number of alkyl halides is 6. The predicted octanol–water partition coefficient (Wildman–Crippen LogP) is 4.46. The Bertz CT molecular complexity index is 649. The topological polar surface area (TPSA) is 53.4 Å². The van der Waals surface area contributed by atoms with Crippen LogP contribution in [0.3, 0.4) is 0 Å². The van der Waals surface area contributed by atoms with Crippen molar-refractivity contribution >= 4 is 21.6 Å². The van der Waals surface area contributed by atoms with Gasteiger partial charge in [0.1, 0.15) is 11.1 Å². The fraction of sp³-hybridized carbons (Fsp3) is 0.500. The molecule has 1 aromatic carbocycles. The Hall–Kier alpha value is 0.194. The summed E-state index contributed by atoms with van der Waals surface area (Å²) in [6.45, 7) is 0. The average Bonchev–Trinajstić information content (AvgIpc) is 2.86. The molecule has 1 aromatic heterocycles. The van der Waals surface area contributed by atoms with Gasteiger partial charge in [-0.15, -0.1) is 11.3 Å². The van der Waals surface area contributed by atoms with Crippen LogP contribution in [0.4, 0.5) is 26.3 Å². The minimum absolute atomic E-state index is 0. The molecule has 0 saturated carbocycles. The molecular weight excluding hydrogens is 512 g/mol. The molecule has 0 bridgehead atoms. The zero-order chi connectivity index (χ0) is 18.1. The number of nitrogens with zero attached hydrogens (tertiary/aromatic N) is 1. The summed E-state index contributed by atoms with van der Waals surface area (Å²) < 4.78 is 75.5. The van der Waals surface area contributed by atoms with E-state index in [1.54, 1.807) is 24.3 Å². The Balaban J connectivity index is 0.00000312. The van der Waals surface area contributed by atoms with Crippen molar-refractivity contribution < 1.29 is 87.4 Å². The monoisotopic (exact) mass is 529 g/mol. The van der Waals surface area contributed by atoms with Gasteiger partial charge in [0.15, 0.2) is 5.92 Å². The smallest absolute Gasteiger partial charge is 0.393 e. The Morgan fingerprint density at radius 1 is 1.00 bits per heavy atom. The van der Waals surface area contributed by atoms with Gasteiger partial charge in [0, 0.05) is 57.2 Å². The maximum atomic E-state index is 12.5. The standard InChI is InChI=1S/C14H13F6NO2S.Eu.H2/c15-13(16,17)11(14(18,19)20)6-7(22)5-9(23)12-21-8-3-1-2-4-10(8)24-12;;/h1-4,7,9,11,22-23H,5-6H2;;1H/i;;1+1. The molecule has 25 heavy (non-hydrogen) atoms. The number of fused-ring (bicyclic) bond motifs is 1. The van der Waals surface area contributed by atoms with Gasteiger partial charge < -0.3 is 10.2 Å². The SMILES string of the molecule is OC(CC(O)c1nc2ccccc2s1)CC(C(F)(F)F)C(F)(F)F.[2HH].[Eu]. The summed E-state index contributed by atoms with van der Waals surface area (Å²) in [6, 6.07) is 6.79. The first-order valence-corrected chi connectivity index (χ1v) is 7.65. The molecule has 143 valence electrons. The van der Waals surface area contributed by atoms with Crippen LogP contribution in [-0.2, 0) is 0 Å². The zero-order valence-corrected chi connectivity index (χ0v) is 15.6. The molecule has 2 unspecified atom stereocenters. The molecule has 1 heterocycles. The summed E-state index contributed by atoms with van der Waals surface area (Å²) >= 11 is 1.06. The number of thiazole rings is 1. The summed E-state index contributed by atoms with van der Waals surface area (Å²) in [7, 11) is 0. The van der Waals surface area contributed by atoms with Gasteiger partial charge in [0.2, 0.25) is 0 Å². The van der Waals surface area contributed by atoms with E-state index >= 15 is 0 Å². The number of halogens is 6.